The Morgan fingerprint density at radius 3 is 2.83 bits per heavy atom. The highest BCUT2D eigenvalue weighted by atomic mass is 16.5. The summed E-state index contributed by atoms with van der Waals surface area (Å²) in [6.07, 6.45) is 5.87. The zero-order valence-electron chi connectivity index (χ0n) is 13.6. The van der Waals surface area contributed by atoms with Crippen LogP contribution in [0.4, 0.5) is 5.82 Å². The summed E-state index contributed by atoms with van der Waals surface area (Å²) < 4.78 is 5.20. The maximum atomic E-state index is 11.6. The SMILES string of the molecule is COCc1cc(N2CCCCC2C(=O)O)nc(-c2ccncc2)n1. The number of piperidine rings is 1. The lowest BCUT2D eigenvalue weighted by Gasteiger charge is -2.34. The lowest BCUT2D eigenvalue weighted by Crippen LogP contribution is -2.45. The molecule has 0 bridgehead atoms. The van der Waals surface area contributed by atoms with Gasteiger partial charge in [-0.25, -0.2) is 14.8 Å². The van der Waals surface area contributed by atoms with Gasteiger partial charge in [0, 0.05) is 37.7 Å². The van der Waals surface area contributed by atoms with Gasteiger partial charge in [0.1, 0.15) is 11.9 Å². The third-order valence-corrected chi connectivity index (χ3v) is 4.08. The third kappa shape index (κ3) is 3.51. The molecule has 7 heteroatoms. The molecule has 1 aliphatic heterocycles. The molecule has 24 heavy (non-hydrogen) atoms. The van der Waals surface area contributed by atoms with Crippen LogP contribution in [0, 0.1) is 0 Å². The topological polar surface area (TPSA) is 88.4 Å². The first-order chi connectivity index (χ1) is 11.7. The predicted octanol–water partition coefficient (Wildman–Crippen LogP) is 2.13. The Morgan fingerprint density at radius 2 is 2.12 bits per heavy atom. The van der Waals surface area contributed by atoms with Crippen molar-refractivity contribution in [1.82, 2.24) is 15.0 Å². The van der Waals surface area contributed by atoms with Crippen LogP contribution in [0.1, 0.15) is 25.0 Å². The molecule has 1 aliphatic rings. The molecule has 0 saturated carbocycles. The van der Waals surface area contributed by atoms with Gasteiger partial charge in [0.25, 0.3) is 0 Å². The number of hydrogen-bond donors (Lipinski definition) is 1. The number of hydrogen-bond acceptors (Lipinski definition) is 6. The van der Waals surface area contributed by atoms with Crippen LogP contribution in [0.25, 0.3) is 11.4 Å². The second kappa shape index (κ2) is 7.35. The second-order valence-corrected chi connectivity index (χ2v) is 5.75. The van der Waals surface area contributed by atoms with Gasteiger partial charge < -0.3 is 14.7 Å². The van der Waals surface area contributed by atoms with Crippen LogP contribution < -0.4 is 4.90 Å². The maximum Gasteiger partial charge on any atom is 0.326 e. The summed E-state index contributed by atoms with van der Waals surface area (Å²) in [5, 5.41) is 9.51. The predicted molar refractivity (Wildman–Crippen MR) is 88.6 cm³/mol. The molecule has 1 saturated heterocycles. The van der Waals surface area contributed by atoms with E-state index in [9.17, 15) is 9.90 Å². The number of carbonyl (C=O) groups is 1. The highest BCUT2D eigenvalue weighted by Gasteiger charge is 2.30. The van der Waals surface area contributed by atoms with E-state index in [1.165, 1.54) is 0 Å². The smallest absolute Gasteiger partial charge is 0.326 e. The van der Waals surface area contributed by atoms with Crippen molar-refractivity contribution < 1.29 is 14.6 Å². The largest absolute Gasteiger partial charge is 0.480 e. The Labute approximate surface area is 140 Å². The van der Waals surface area contributed by atoms with Crippen LogP contribution in [0.15, 0.2) is 30.6 Å². The van der Waals surface area contributed by atoms with Crippen molar-refractivity contribution in [1.29, 1.82) is 0 Å². The highest BCUT2D eigenvalue weighted by Crippen LogP contribution is 2.26. The number of anilines is 1. The van der Waals surface area contributed by atoms with E-state index in [0.717, 1.165) is 24.1 Å². The molecule has 0 aliphatic carbocycles. The molecular weight excluding hydrogens is 308 g/mol. The van der Waals surface area contributed by atoms with Crippen molar-refractivity contribution in [3.05, 3.63) is 36.3 Å². The third-order valence-electron chi connectivity index (χ3n) is 4.08. The van der Waals surface area contributed by atoms with E-state index in [2.05, 4.69) is 15.0 Å². The van der Waals surface area contributed by atoms with Crippen molar-refractivity contribution >= 4 is 11.8 Å². The van der Waals surface area contributed by atoms with Gasteiger partial charge in [-0.15, -0.1) is 0 Å². The summed E-state index contributed by atoms with van der Waals surface area (Å²) in [6.45, 7) is 1.02. The van der Waals surface area contributed by atoms with Crippen molar-refractivity contribution in [2.45, 2.75) is 31.9 Å². The van der Waals surface area contributed by atoms with Crippen molar-refractivity contribution in [2.24, 2.45) is 0 Å². The molecule has 7 nitrogen and oxygen atoms in total. The molecule has 2 aromatic heterocycles. The number of carboxylic acids is 1. The van der Waals surface area contributed by atoms with Crippen LogP contribution in [-0.2, 0) is 16.1 Å². The van der Waals surface area contributed by atoms with Gasteiger partial charge in [0.05, 0.1) is 12.3 Å². The normalized spacial score (nSPS) is 17.7. The van der Waals surface area contributed by atoms with Crippen LogP contribution in [0.2, 0.25) is 0 Å². The van der Waals surface area contributed by atoms with Gasteiger partial charge in [-0.05, 0) is 31.4 Å². The Bertz CT molecular complexity index is 708. The molecule has 1 unspecified atom stereocenters. The Hall–Kier alpha value is -2.54. The minimum Gasteiger partial charge on any atom is -0.480 e. The van der Waals surface area contributed by atoms with Crippen LogP contribution in [-0.4, -0.2) is 45.7 Å². The number of methoxy groups -OCH3 is 1. The molecule has 1 atom stereocenters. The van der Waals surface area contributed by atoms with Gasteiger partial charge in [0.2, 0.25) is 0 Å². The fraction of sp³-hybridized carbons (Fsp3) is 0.412. The van der Waals surface area contributed by atoms with E-state index in [0.29, 0.717) is 31.2 Å². The Balaban J connectivity index is 2.03. The zero-order valence-corrected chi connectivity index (χ0v) is 13.6. The van der Waals surface area contributed by atoms with Crippen molar-refractivity contribution in [2.75, 3.05) is 18.6 Å². The number of ether oxygens (including phenoxy) is 1. The summed E-state index contributed by atoms with van der Waals surface area (Å²) in [7, 11) is 1.61. The fourth-order valence-corrected chi connectivity index (χ4v) is 2.94. The number of aliphatic carboxylic acids is 1. The first kappa shape index (κ1) is 16.3. The van der Waals surface area contributed by atoms with Crippen LogP contribution >= 0.6 is 0 Å². The Kier molecular flexibility index (Phi) is 5.00. The molecule has 0 amide bonds. The van der Waals surface area contributed by atoms with Crippen molar-refractivity contribution in [3.8, 4) is 11.4 Å². The fourth-order valence-electron chi connectivity index (χ4n) is 2.94. The quantitative estimate of drug-likeness (QED) is 0.899. The Morgan fingerprint density at radius 1 is 1.33 bits per heavy atom. The monoisotopic (exact) mass is 328 g/mol. The van der Waals surface area contributed by atoms with Crippen molar-refractivity contribution in [3.63, 3.8) is 0 Å². The first-order valence-electron chi connectivity index (χ1n) is 7.96. The summed E-state index contributed by atoms with van der Waals surface area (Å²) in [4.78, 5) is 26.6. The summed E-state index contributed by atoms with van der Waals surface area (Å²) in [5.41, 5.74) is 1.57. The van der Waals surface area contributed by atoms with Gasteiger partial charge in [-0.2, -0.15) is 0 Å². The van der Waals surface area contributed by atoms with Crippen LogP contribution in [0.5, 0.6) is 0 Å². The molecule has 1 N–H and O–H groups in total. The first-order valence-corrected chi connectivity index (χ1v) is 7.96. The second-order valence-electron chi connectivity index (χ2n) is 5.75. The van der Waals surface area contributed by atoms with E-state index in [1.54, 1.807) is 19.5 Å². The molecule has 126 valence electrons. The van der Waals surface area contributed by atoms with E-state index in [1.807, 2.05) is 23.1 Å². The molecule has 0 radical (unpaired) electrons. The van der Waals surface area contributed by atoms with Gasteiger partial charge >= 0.3 is 5.97 Å². The zero-order chi connectivity index (χ0) is 16.9. The van der Waals surface area contributed by atoms with E-state index in [4.69, 9.17) is 4.74 Å². The molecular formula is C17H20N4O3. The molecule has 2 aromatic rings. The molecule has 1 fully saturated rings. The lowest BCUT2D eigenvalue weighted by atomic mass is 10.0. The number of aromatic nitrogens is 3. The highest BCUT2D eigenvalue weighted by molar-refractivity contribution is 5.78. The summed E-state index contributed by atoms with van der Waals surface area (Å²) in [5.74, 6) is 0.375. The van der Waals surface area contributed by atoms with Gasteiger partial charge in [0.15, 0.2) is 5.82 Å². The van der Waals surface area contributed by atoms with Gasteiger partial charge in [-0.3, -0.25) is 4.98 Å². The number of pyridine rings is 1. The molecule has 3 heterocycles. The number of nitrogens with zero attached hydrogens (tertiary/aromatic N) is 4. The van der Waals surface area contributed by atoms with Gasteiger partial charge in [-0.1, -0.05) is 0 Å². The maximum absolute atomic E-state index is 11.6. The van der Waals surface area contributed by atoms with Crippen LogP contribution in [0.3, 0.4) is 0 Å². The molecule has 0 aromatic carbocycles. The number of carboxylic acid groups (broad SMARTS) is 1. The minimum atomic E-state index is -0.813. The standard InChI is InChI=1S/C17H20N4O3/c1-24-11-13-10-15(21-9-3-2-4-14(21)17(22)23)20-16(19-13)12-5-7-18-8-6-12/h5-8,10,14H,2-4,9,11H2,1H3,(H,22,23). The minimum absolute atomic E-state index is 0.346. The summed E-state index contributed by atoms with van der Waals surface area (Å²) >= 11 is 0. The average molecular weight is 328 g/mol. The molecule has 3 rings (SSSR count). The lowest BCUT2D eigenvalue weighted by molar-refractivity contribution is -0.139. The number of rotatable bonds is 5. The van der Waals surface area contributed by atoms with E-state index < -0.39 is 12.0 Å². The molecule has 0 spiro atoms. The average Bonchev–Trinajstić information content (AvgIpc) is 2.62. The van der Waals surface area contributed by atoms with E-state index >= 15 is 0 Å². The van der Waals surface area contributed by atoms with E-state index in [-0.39, 0.29) is 0 Å². The summed E-state index contributed by atoms with van der Waals surface area (Å²) in [6, 6.07) is 4.94.